The highest BCUT2D eigenvalue weighted by Crippen LogP contribution is 2.46. The highest BCUT2D eigenvalue weighted by molar-refractivity contribution is 6.05. The number of nitrogens with zero attached hydrogens (tertiary/aromatic N) is 7. The number of carbonyl (C=O) groups excluding carboxylic acids is 3. The topological polar surface area (TPSA) is 139 Å². The largest absolute Gasteiger partial charge is 0.433 e. The van der Waals surface area contributed by atoms with Gasteiger partial charge in [0.15, 0.2) is 0 Å². The highest BCUT2D eigenvalue weighted by Gasteiger charge is 2.43. The van der Waals surface area contributed by atoms with Crippen LogP contribution in [0.1, 0.15) is 66.3 Å². The van der Waals surface area contributed by atoms with Crippen molar-refractivity contribution in [3.63, 3.8) is 0 Å². The number of benzene rings is 2. The van der Waals surface area contributed by atoms with Crippen LogP contribution in [0.25, 0.3) is 10.9 Å². The molecule has 1 aliphatic carbocycles. The molecule has 3 N–H and O–H groups in total. The van der Waals surface area contributed by atoms with E-state index >= 15 is 0 Å². The fraction of sp³-hybridized carbons (Fsp3) is 0.462. The Labute approximate surface area is 316 Å². The van der Waals surface area contributed by atoms with E-state index < -0.39 is 30.2 Å². The van der Waals surface area contributed by atoms with Crippen molar-refractivity contribution in [2.24, 2.45) is 5.92 Å². The van der Waals surface area contributed by atoms with Crippen molar-refractivity contribution in [2.75, 3.05) is 59.8 Å². The number of fused-ring (bicyclic) bond motifs is 2. The number of aliphatic hydroxyl groups excluding tert-OH is 1. The number of carbonyl (C=O) groups is 3. The Kier molecular flexibility index (Phi) is 9.65. The highest BCUT2D eigenvalue weighted by atomic mass is 19.4. The smallest absolute Gasteiger partial charge is 0.367 e. The third-order valence-corrected chi connectivity index (χ3v) is 11.6. The van der Waals surface area contributed by atoms with Crippen LogP contribution in [-0.2, 0) is 15.8 Å². The number of amides is 3. The maximum atomic E-state index is 13.1. The Balaban J connectivity index is 0.854. The van der Waals surface area contributed by atoms with Gasteiger partial charge in [-0.3, -0.25) is 29.3 Å². The van der Waals surface area contributed by atoms with Gasteiger partial charge in [-0.25, -0.2) is 4.98 Å². The average Bonchev–Trinajstić information content (AvgIpc) is 3.69. The lowest BCUT2D eigenvalue weighted by Gasteiger charge is -2.39. The van der Waals surface area contributed by atoms with Crippen LogP contribution in [0.15, 0.2) is 54.7 Å². The van der Waals surface area contributed by atoms with Crippen molar-refractivity contribution < 1.29 is 32.7 Å². The lowest BCUT2D eigenvalue weighted by molar-refractivity contribution is -0.141. The first-order chi connectivity index (χ1) is 26.3. The number of anilines is 4. The number of aliphatic hydroxyl groups is 1. The first kappa shape index (κ1) is 36.7. The molecule has 290 valence electrons. The van der Waals surface area contributed by atoms with Crippen LogP contribution in [0.4, 0.5) is 35.9 Å². The maximum Gasteiger partial charge on any atom is 0.433 e. The molecule has 2 saturated heterocycles. The molecule has 55 heavy (non-hydrogen) atoms. The number of piperazine rings is 1. The van der Waals surface area contributed by atoms with Gasteiger partial charge in [0.25, 0.3) is 5.91 Å². The number of para-hydroxylation sites is 1. The quantitative estimate of drug-likeness (QED) is 0.223. The average molecular weight is 760 g/mol. The predicted octanol–water partition coefficient (Wildman–Crippen LogP) is 4.90. The van der Waals surface area contributed by atoms with E-state index in [0.717, 1.165) is 98.0 Å². The molecule has 2 aromatic carbocycles. The predicted molar refractivity (Wildman–Crippen MR) is 201 cm³/mol. The molecule has 0 bridgehead atoms. The Morgan fingerprint density at radius 1 is 0.982 bits per heavy atom. The molecule has 3 aliphatic heterocycles. The fourth-order valence-electron chi connectivity index (χ4n) is 8.60. The second kappa shape index (κ2) is 14.5. The van der Waals surface area contributed by atoms with E-state index in [2.05, 4.69) is 31.5 Å². The van der Waals surface area contributed by atoms with Gasteiger partial charge in [0.2, 0.25) is 18.2 Å². The maximum absolute atomic E-state index is 13.1. The Bertz CT molecular complexity index is 2120. The van der Waals surface area contributed by atoms with Gasteiger partial charge in [-0.15, -0.1) is 0 Å². The van der Waals surface area contributed by atoms with E-state index in [-0.39, 0.29) is 30.0 Å². The molecule has 3 amide bonds. The number of piperidine rings is 1. The van der Waals surface area contributed by atoms with Crippen LogP contribution >= 0.6 is 0 Å². The van der Waals surface area contributed by atoms with Gasteiger partial charge >= 0.3 is 6.18 Å². The lowest BCUT2D eigenvalue weighted by Crippen LogP contribution is -2.56. The monoisotopic (exact) mass is 759 g/mol. The number of aromatic nitrogens is 3. The third-order valence-electron chi connectivity index (χ3n) is 11.6. The summed E-state index contributed by atoms with van der Waals surface area (Å²) in [6.07, 6.45) is 1.08. The zero-order valence-electron chi connectivity index (χ0n) is 30.7. The Morgan fingerprint density at radius 3 is 2.44 bits per heavy atom. The van der Waals surface area contributed by atoms with Crippen molar-refractivity contribution in [1.29, 1.82) is 0 Å². The number of pyridine rings is 1. The summed E-state index contributed by atoms with van der Waals surface area (Å²) in [4.78, 5) is 49.3. The molecule has 4 aromatic rings. The molecule has 0 radical (unpaired) electrons. The summed E-state index contributed by atoms with van der Waals surface area (Å²) in [6, 6.07) is 12.5. The second-order valence-corrected chi connectivity index (χ2v) is 15.1. The summed E-state index contributed by atoms with van der Waals surface area (Å²) in [7, 11) is 1.83. The summed E-state index contributed by atoms with van der Waals surface area (Å²) < 4.78 is 41.4. The third kappa shape index (κ3) is 7.20. The van der Waals surface area contributed by atoms with Crippen LogP contribution in [0.5, 0.6) is 0 Å². The van der Waals surface area contributed by atoms with Crippen molar-refractivity contribution in [3.05, 3.63) is 71.7 Å². The molecule has 16 heteroatoms. The summed E-state index contributed by atoms with van der Waals surface area (Å²) in [5.41, 5.74) is 3.32. The number of aryl methyl sites for hydroxylation is 1. The molecule has 2 atom stereocenters. The molecule has 5 heterocycles. The normalized spacial score (nSPS) is 23.6. The van der Waals surface area contributed by atoms with Crippen molar-refractivity contribution in [2.45, 2.75) is 70.1 Å². The minimum atomic E-state index is -4.64. The van der Waals surface area contributed by atoms with Gasteiger partial charge in [0.1, 0.15) is 17.4 Å². The van der Waals surface area contributed by atoms with Gasteiger partial charge in [-0.1, -0.05) is 12.1 Å². The zero-order chi connectivity index (χ0) is 38.6. The molecule has 0 spiro atoms. The number of rotatable bonds is 7. The van der Waals surface area contributed by atoms with Crippen LogP contribution in [-0.4, -0.2) is 94.7 Å². The van der Waals surface area contributed by atoms with E-state index in [9.17, 15) is 32.7 Å². The van der Waals surface area contributed by atoms with E-state index in [4.69, 9.17) is 5.10 Å². The zero-order valence-corrected chi connectivity index (χ0v) is 30.7. The number of hydrogen-bond donors (Lipinski definition) is 3. The standard InChI is InChI=1S/C39H44F3N9O4/c1-23-19-29-25(20-28(23)44-36(53)27-5-3-8-33(43-27)39(40,41)42)22-50(46-29)26-11-9-24(10-12-26)21-48-15-17-49(18-16-48)30-6-4-7-31-35(30)47(2)38(55)51(31)32-13-14-34(52)45-37(32)54/h3-8,19-20,22,24,26,32,38,55H,9-18,21H2,1-2H3,(H,44,53)(H,45,52,54)/t24-,26-,32-,38?/m0/s1. The van der Waals surface area contributed by atoms with Gasteiger partial charge < -0.3 is 25.1 Å². The minimum absolute atomic E-state index is 0.239. The molecule has 1 unspecified atom stereocenters. The summed E-state index contributed by atoms with van der Waals surface area (Å²) >= 11 is 0. The van der Waals surface area contributed by atoms with E-state index in [1.807, 2.05) is 54.0 Å². The van der Waals surface area contributed by atoms with Gasteiger partial charge in [-0.05, 0) is 86.9 Å². The molecule has 1 saturated carbocycles. The fourth-order valence-corrected chi connectivity index (χ4v) is 8.60. The van der Waals surface area contributed by atoms with Gasteiger partial charge in [0.05, 0.1) is 28.6 Å². The minimum Gasteiger partial charge on any atom is -0.367 e. The molecular formula is C39H44F3N9O4. The van der Waals surface area contributed by atoms with Gasteiger partial charge in [-0.2, -0.15) is 18.3 Å². The summed E-state index contributed by atoms with van der Waals surface area (Å²) in [6.45, 7) is 6.36. The number of nitrogens with one attached hydrogen (secondary N) is 2. The van der Waals surface area contributed by atoms with Crippen LogP contribution in [0.3, 0.4) is 0 Å². The first-order valence-corrected chi connectivity index (χ1v) is 18.8. The molecule has 2 aromatic heterocycles. The lowest BCUT2D eigenvalue weighted by atomic mass is 9.85. The van der Waals surface area contributed by atoms with Crippen LogP contribution in [0, 0.1) is 12.8 Å². The van der Waals surface area contributed by atoms with E-state index in [1.165, 1.54) is 12.1 Å². The number of hydrogen-bond acceptors (Lipinski definition) is 10. The SMILES string of the molecule is Cc1cc2nn([C@H]3CC[C@H](CN4CCN(c5cccc6c5N(C)C(O)N6[C@H]5CCC(=O)NC5=O)CC4)CC3)cc2cc1NC(=O)c1cccc(C(F)(F)F)n1. The number of alkyl halides is 3. The summed E-state index contributed by atoms with van der Waals surface area (Å²) in [5, 5.41) is 22.1. The van der Waals surface area contributed by atoms with Gasteiger partial charge in [0, 0.05) is 63.5 Å². The molecule has 3 fully saturated rings. The second-order valence-electron chi connectivity index (χ2n) is 15.1. The number of halogens is 3. The summed E-state index contributed by atoms with van der Waals surface area (Å²) in [5.74, 6) is -0.804. The molecule has 4 aliphatic rings. The molecular weight excluding hydrogens is 715 g/mol. The van der Waals surface area contributed by atoms with E-state index in [1.54, 1.807) is 4.90 Å². The van der Waals surface area contributed by atoms with Crippen LogP contribution in [0.2, 0.25) is 0 Å². The number of imide groups is 1. The van der Waals surface area contributed by atoms with E-state index in [0.29, 0.717) is 18.0 Å². The van der Waals surface area contributed by atoms with Crippen molar-refractivity contribution in [3.8, 4) is 0 Å². The van der Waals surface area contributed by atoms with Crippen LogP contribution < -0.4 is 25.3 Å². The molecule has 13 nitrogen and oxygen atoms in total. The van der Waals surface area contributed by atoms with Crippen molar-refractivity contribution in [1.82, 2.24) is 25.0 Å². The molecule has 8 rings (SSSR count). The van der Waals surface area contributed by atoms with Crippen molar-refractivity contribution >= 4 is 51.4 Å². The Hall–Kier alpha value is -5.22. The Morgan fingerprint density at radius 2 is 1.71 bits per heavy atom. The first-order valence-electron chi connectivity index (χ1n) is 18.8.